The average molecular weight is 250 g/mol. The molecule has 0 radical (unpaired) electrons. The molecule has 0 unspecified atom stereocenters. The van der Waals surface area contributed by atoms with Crippen molar-refractivity contribution >= 4 is 5.69 Å². The van der Waals surface area contributed by atoms with Crippen LogP contribution in [0.4, 0.5) is 5.69 Å². The molecule has 0 saturated heterocycles. The Balaban J connectivity index is 2.47. The van der Waals surface area contributed by atoms with Gasteiger partial charge in [-0.1, -0.05) is 0 Å². The Morgan fingerprint density at radius 3 is 2.39 bits per heavy atom. The molecule has 7 heteroatoms. The Bertz CT molecular complexity index is 540. The normalized spacial score (nSPS) is 10.1. The van der Waals surface area contributed by atoms with Gasteiger partial charge in [-0.3, -0.25) is 10.1 Å². The summed E-state index contributed by atoms with van der Waals surface area (Å²) in [5.41, 5.74) is 1.19. The highest BCUT2D eigenvalue weighted by molar-refractivity contribution is 5.73. The van der Waals surface area contributed by atoms with Crippen molar-refractivity contribution in [1.29, 1.82) is 0 Å². The minimum absolute atomic E-state index is 0.00753. The summed E-state index contributed by atoms with van der Waals surface area (Å²) in [7, 11) is 2.89. The highest BCUT2D eigenvalue weighted by Gasteiger charge is 2.20. The van der Waals surface area contributed by atoms with E-state index in [4.69, 9.17) is 14.0 Å². The third kappa shape index (κ3) is 1.97. The minimum Gasteiger partial charge on any atom is -0.478 e. The van der Waals surface area contributed by atoms with Gasteiger partial charge in [-0.25, -0.2) is 0 Å². The van der Waals surface area contributed by atoms with Gasteiger partial charge in [0.25, 0.3) is 11.6 Å². The van der Waals surface area contributed by atoms with Crippen LogP contribution < -0.4 is 9.47 Å². The van der Waals surface area contributed by atoms with E-state index in [0.29, 0.717) is 11.1 Å². The average Bonchev–Trinajstić information content (AvgIpc) is 2.81. The summed E-state index contributed by atoms with van der Waals surface area (Å²) in [4.78, 5) is 10.1. The Labute approximate surface area is 102 Å². The molecule has 0 bridgehead atoms. The number of aromatic nitrogens is 1. The lowest BCUT2D eigenvalue weighted by molar-refractivity contribution is -0.384. The van der Waals surface area contributed by atoms with Crippen LogP contribution in [0.15, 0.2) is 28.8 Å². The minimum atomic E-state index is -0.466. The van der Waals surface area contributed by atoms with Gasteiger partial charge in [-0.05, 0) is 22.9 Å². The second kappa shape index (κ2) is 4.74. The van der Waals surface area contributed by atoms with Crippen LogP contribution >= 0.6 is 0 Å². The number of nitro benzene ring substituents is 1. The molecule has 18 heavy (non-hydrogen) atoms. The molecule has 94 valence electrons. The lowest BCUT2D eigenvalue weighted by Crippen LogP contribution is -1.90. The zero-order valence-corrected chi connectivity index (χ0v) is 9.75. The molecular weight excluding hydrogens is 240 g/mol. The van der Waals surface area contributed by atoms with Gasteiger partial charge in [0, 0.05) is 12.1 Å². The monoisotopic (exact) mass is 250 g/mol. The SMILES string of the molecule is COc1noc(OC)c1-c1ccc([N+](=O)[O-])cc1. The number of nitrogens with zero attached hydrogens (tertiary/aromatic N) is 2. The fourth-order valence-corrected chi connectivity index (χ4v) is 1.53. The third-order valence-corrected chi connectivity index (χ3v) is 2.37. The zero-order valence-electron chi connectivity index (χ0n) is 9.75. The first-order chi connectivity index (χ1) is 8.67. The van der Waals surface area contributed by atoms with Crippen LogP contribution in [-0.2, 0) is 0 Å². The number of hydrogen-bond acceptors (Lipinski definition) is 6. The molecule has 0 atom stereocenters. The molecule has 0 aliphatic carbocycles. The van der Waals surface area contributed by atoms with Gasteiger partial charge in [-0.2, -0.15) is 0 Å². The Morgan fingerprint density at radius 2 is 1.89 bits per heavy atom. The van der Waals surface area contributed by atoms with Gasteiger partial charge >= 0.3 is 5.95 Å². The number of nitro groups is 1. The summed E-state index contributed by atoms with van der Waals surface area (Å²) >= 11 is 0. The quantitative estimate of drug-likeness (QED) is 0.611. The molecule has 1 aromatic heterocycles. The lowest BCUT2D eigenvalue weighted by Gasteiger charge is -2.02. The molecule has 0 saturated carbocycles. The first kappa shape index (κ1) is 11.9. The summed E-state index contributed by atoms with van der Waals surface area (Å²) in [6.45, 7) is 0. The number of methoxy groups -OCH3 is 2. The van der Waals surface area contributed by atoms with Gasteiger partial charge in [-0.15, -0.1) is 0 Å². The van der Waals surface area contributed by atoms with Crippen molar-refractivity contribution in [3.63, 3.8) is 0 Å². The molecule has 0 amide bonds. The Kier molecular flexibility index (Phi) is 3.13. The van der Waals surface area contributed by atoms with Crippen molar-refractivity contribution in [3.8, 4) is 23.0 Å². The molecule has 0 aliphatic rings. The standard InChI is InChI=1S/C11H10N2O5/c1-16-10-9(11(17-2)18-12-10)7-3-5-8(6-4-7)13(14)15/h3-6H,1-2H3. The summed E-state index contributed by atoms with van der Waals surface area (Å²) in [5.74, 6) is 0.460. The largest absolute Gasteiger partial charge is 0.478 e. The van der Waals surface area contributed by atoms with Crippen molar-refractivity contribution in [2.75, 3.05) is 14.2 Å². The molecule has 1 heterocycles. The molecule has 0 fully saturated rings. The van der Waals surface area contributed by atoms with E-state index in [1.54, 1.807) is 12.1 Å². The number of ether oxygens (including phenoxy) is 2. The maximum atomic E-state index is 10.6. The summed E-state index contributed by atoms with van der Waals surface area (Å²) in [6.07, 6.45) is 0. The van der Waals surface area contributed by atoms with Gasteiger partial charge in [0.15, 0.2) is 0 Å². The summed E-state index contributed by atoms with van der Waals surface area (Å²) in [5, 5.41) is 14.3. The van der Waals surface area contributed by atoms with Crippen LogP contribution in [0.3, 0.4) is 0 Å². The molecule has 0 aliphatic heterocycles. The first-order valence-corrected chi connectivity index (χ1v) is 5.00. The van der Waals surface area contributed by atoms with Gasteiger partial charge < -0.3 is 14.0 Å². The van der Waals surface area contributed by atoms with Crippen LogP contribution in [-0.4, -0.2) is 24.3 Å². The molecule has 2 rings (SSSR count). The fourth-order valence-electron chi connectivity index (χ4n) is 1.53. The van der Waals surface area contributed by atoms with E-state index >= 15 is 0 Å². The van der Waals surface area contributed by atoms with Crippen molar-refractivity contribution in [2.24, 2.45) is 0 Å². The van der Waals surface area contributed by atoms with Crippen molar-refractivity contribution < 1.29 is 18.9 Å². The summed E-state index contributed by atoms with van der Waals surface area (Å²) in [6, 6.07) is 5.94. The number of benzene rings is 1. The second-order valence-electron chi connectivity index (χ2n) is 3.36. The molecular formula is C11H10N2O5. The molecule has 0 N–H and O–H groups in total. The van der Waals surface area contributed by atoms with Crippen molar-refractivity contribution in [1.82, 2.24) is 5.16 Å². The maximum Gasteiger partial charge on any atom is 0.322 e. The molecule has 0 spiro atoms. The van der Waals surface area contributed by atoms with E-state index < -0.39 is 4.92 Å². The van der Waals surface area contributed by atoms with Gasteiger partial charge in [0.2, 0.25) is 0 Å². The molecule has 2 aromatic rings. The topological polar surface area (TPSA) is 87.6 Å². The van der Waals surface area contributed by atoms with E-state index in [1.165, 1.54) is 26.4 Å². The van der Waals surface area contributed by atoms with Crippen LogP contribution in [0.1, 0.15) is 0 Å². The van der Waals surface area contributed by atoms with E-state index in [0.717, 1.165) is 0 Å². The highest BCUT2D eigenvalue weighted by atomic mass is 16.6. The predicted molar refractivity (Wildman–Crippen MR) is 61.7 cm³/mol. The smallest absolute Gasteiger partial charge is 0.322 e. The van der Waals surface area contributed by atoms with Gasteiger partial charge in [0.1, 0.15) is 5.56 Å². The van der Waals surface area contributed by atoms with Gasteiger partial charge in [0.05, 0.1) is 19.1 Å². The van der Waals surface area contributed by atoms with Crippen LogP contribution in [0, 0.1) is 10.1 Å². The third-order valence-electron chi connectivity index (χ3n) is 2.37. The fraction of sp³-hybridized carbons (Fsp3) is 0.182. The maximum absolute atomic E-state index is 10.6. The van der Waals surface area contributed by atoms with E-state index in [-0.39, 0.29) is 17.5 Å². The second-order valence-corrected chi connectivity index (χ2v) is 3.36. The van der Waals surface area contributed by atoms with Crippen LogP contribution in [0.2, 0.25) is 0 Å². The van der Waals surface area contributed by atoms with Crippen molar-refractivity contribution in [2.45, 2.75) is 0 Å². The number of hydrogen-bond donors (Lipinski definition) is 0. The Morgan fingerprint density at radius 1 is 1.22 bits per heavy atom. The van der Waals surface area contributed by atoms with E-state index in [1.807, 2.05) is 0 Å². The molecule has 7 nitrogen and oxygen atoms in total. The van der Waals surface area contributed by atoms with E-state index in [9.17, 15) is 10.1 Å². The van der Waals surface area contributed by atoms with E-state index in [2.05, 4.69) is 5.16 Å². The predicted octanol–water partition coefficient (Wildman–Crippen LogP) is 2.27. The number of rotatable bonds is 4. The highest BCUT2D eigenvalue weighted by Crippen LogP contribution is 2.38. The Hall–Kier alpha value is -2.57. The van der Waals surface area contributed by atoms with Crippen molar-refractivity contribution in [3.05, 3.63) is 34.4 Å². The van der Waals surface area contributed by atoms with Crippen LogP contribution in [0.5, 0.6) is 11.8 Å². The first-order valence-electron chi connectivity index (χ1n) is 5.00. The molecule has 1 aromatic carbocycles. The van der Waals surface area contributed by atoms with Crippen LogP contribution in [0.25, 0.3) is 11.1 Å². The lowest BCUT2D eigenvalue weighted by atomic mass is 10.1. The summed E-state index contributed by atoms with van der Waals surface area (Å²) < 4.78 is 15.0. The number of non-ortho nitro benzene ring substituents is 1. The zero-order chi connectivity index (χ0) is 13.1.